The molecule has 0 aliphatic heterocycles. The molecular formula is C25H24N2O6S2. The van der Waals surface area contributed by atoms with Gasteiger partial charge in [-0.05, 0) is 91.6 Å². The highest BCUT2D eigenvalue weighted by molar-refractivity contribution is 7.92. The summed E-state index contributed by atoms with van der Waals surface area (Å²) in [6, 6.07) is 17.3. The van der Waals surface area contributed by atoms with Gasteiger partial charge >= 0.3 is 0 Å². The summed E-state index contributed by atoms with van der Waals surface area (Å²) in [5.41, 5.74) is 2.56. The smallest absolute Gasteiger partial charge is 0.268 e. The maximum Gasteiger partial charge on any atom is 0.268 e. The van der Waals surface area contributed by atoms with Crippen molar-refractivity contribution in [3.8, 4) is 11.5 Å². The van der Waals surface area contributed by atoms with Crippen LogP contribution in [0.4, 0.5) is 5.69 Å². The lowest BCUT2D eigenvalue weighted by molar-refractivity contribution is 0.414. The van der Waals surface area contributed by atoms with Gasteiger partial charge in [0.05, 0.1) is 29.5 Å². The standard InChI is InChI=1S/C25H24N2O6S2/c1-32-18-7-11-20(12-8-18)34(28,29)26-17-6-15-25-23(16-17)22-4-3-5-24(22)27(25)35(30,31)21-13-9-19(33-2)10-14-21/h6-16,26H,3-5H2,1-2H3. The third-order valence-electron chi connectivity index (χ3n) is 6.19. The summed E-state index contributed by atoms with van der Waals surface area (Å²) in [6.07, 6.45) is 2.19. The minimum Gasteiger partial charge on any atom is -0.497 e. The van der Waals surface area contributed by atoms with Crippen molar-refractivity contribution >= 4 is 36.6 Å². The largest absolute Gasteiger partial charge is 0.497 e. The number of nitrogens with one attached hydrogen (secondary N) is 1. The van der Waals surface area contributed by atoms with Crippen LogP contribution in [0.25, 0.3) is 10.9 Å². The monoisotopic (exact) mass is 512 g/mol. The van der Waals surface area contributed by atoms with Gasteiger partial charge in [-0.15, -0.1) is 0 Å². The molecule has 0 radical (unpaired) electrons. The average Bonchev–Trinajstić information content (AvgIpc) is 3.45. The van der Waals surface area contributed by atoms with E-state index in [9.17, 15) is 16.8 Å². The molecule has 10 heteroatoms. The average molecular weight is 513 g/mol. The molecule has 5 rings (SSSR count). The maximum atomic E-state index is 13.6. The van der Waals surface area contributed by atoms with Crippen LogP contribution in [0.3, 0.4) is 0 Å². The van der Waals surface area contributed by atoms with Gasteiger partial charge in [0.2, 0.25) is 0 Å². The maximum absolute atomic E-state index is 13.6. The van der Waals surface area contributed by atoms with E-state index in [0.29, 0.717) is 29.1 Å². The molecule has 8 nitrogen and oxygen atoms in total. The fourth-order valence-corrected chi connectivity index (χ4v) is 7.15. The summed E-state index contributed by atoms with van der Waals surface area (Å²) < 4.78 is 67.3. The lowest BCUT2D eigenvalue weighted by Crippen LogP contribution is -2.15. The molecule has 4 aromatic rings. The molecule has 0 unspecified atom stereocenters. The van der Waals surface area contributed by atoms with Crippen molar-refractivity contribution in [3.05, 3.63) is 78.0 Å². The van der Waals surface area contributed by atoms with Crippen LogP contribution < -0.4 is 14.2 Å². The number of ether oxygens (including phenoxy) is 2. The normalized spacial score (nSPS) is 13.5. The zero-order chi connectivity index (χ0) is 24.8. The van der Waals surface area contributed by atoms with Gasteiger partial charge in [0.15, 0.2) is 0 Å². The van der Waals surface area contributed by atoms with Crippen molar-refractivity contribution in [1.82, 2.24) is 3.97 Å². The highest BCUT2D eigenvalue weighted by Crippen LogP contribution is 2.37. The number of benzene rings is 3. The minimum absolute atomic E-state index is 0.100. The van der Waals surface area contributed by atoms with Gasteiger partial charge in [-0.25, -0.2) is 20.8 Å². The van der Waals surface area contributed by atoms with Gasteiger partial charge in [0.1, 0.15) is 11.5 Å². The fraction of sp³-hybridized carbons (Fsp3) is 0.200. The molecule has 0 saturated heterocycles. The van der Waals surface area contributed by atoms with Crippen molar-refractivity contribution in [2.75, 3.05) is 18.9 Å². The lowest BCUT2D eigenvalue weighted by atomic mass is 10.1. The summed E-state index contributed by atoms with van der Waals surface area (Å²) in [7, 11) is -4.66. The number of hydrogen-bond donors (Lipinski definition) is 1. The van der Waals surface area contributed by atoms with E-state index in [1.165, 1.54) is 42.5 Å². The predicted octanol–water partition coefficient (Wildman–Crippen LogP) is 4.19. The van der Waals surface area contributed by atoms with Crippen LogP contribution in [0.1, 0.15) is 17.7 Å². The SMILES string of the molecule is COc1ccc(S(=O)(=O)Nc2ccc3c(c2)c2c(n3S(=O)(=O)c3ccc(OC)cc3)CCC2)cc1. The Balaban J connectivity index is 1.56. The van der Waals surface area contributed by atoms with E-state index >= 15 is 0 Å². The van der Waals surface area contributed by atoms with E-state index in [0.717, 1.165) is 29.5 Å². The van der Waals surface area contributed by atoms with E-state index in [4.69, 9.17) is 9.47 Å². The van der Waals surface area contributed by atoms with Crippen LogP contribution in [0, 0.1) is 0 Å². The molecule has 0 bridgehead atoms. The zero-order valence-corrected chi connectivity index (χ0v) is 20.8. The molecule has 0 atom stereocenters. The van der Waals surface area contributed by atoms with Crippen molar-refractivity contribution < 1.29 is 26.3 Å². The molecule has 182 valence electrons. The molecule has 0 spiro atoms. The van der Waals surface area contributed by atoms with Gasteiger partial charge in [0.25, 0.3) is 20.0 Å². The lowest BCUT2D eigenvalue weighted by Gasteiger charge is -2.12. The van der Waals surface area contributed by atoms with Gasteiger partial charge in [-0.1, -0.05) is 0 Å². The predicted molar refractivity (Wildman–Crippen MR) is 133 cm³/mol. The van der Waals surface area contributed by atoms with E-state index in [1.54, 1.807) is 42.5 Å². The molecule has 1 N–H and O–H groups in total. The molecular weight excluding hydrogens is 488 g/mol. The summed E-state index contributed by atoms with van der Waals surface area (Å²) in [6.45, 7) is 0. The first kappa shape index (κ1) is 23.3. The van der Waals surface area contributed by atoms with Gasteiger partial charge in [-0.2, -0.15) is 0 Å². The summed E-state index contributed by atoms with van der Waals surface area (Å²) in [4.78, 5) is 0.262. The van der Waals surface area contributed by atoms with E-state index < -0.39 is 20.0 Å². The minimum atomic E-state index is -3.86. The van der Waals surface area contributed by atoms with Crippen molar-refractivity contribution in [2.24, 2.45) is 0 Å². The van der Waals surface area contributed by atoms with Crippen LogP contribution in [0.2, 0.25) is 0 Å². The molecule has 1 aliphatic carbocycles. The number of nitrogens with zero attached hydrogens (tertiary/aromatic N) is 1. The van der Waals surface area contributed by atoms with Gasteiger partial charge in [0, 0.05) is 16.8 Å². The Bertz CT molecular complexity index is 1620. The number of methoxy groups -OCH3 is 2. The number of fused-ring (bicyclic) bond motifs is 3. The Morgan fingerprint density at radius 2 is 1.37 bits per heavy atom. The van der Waals surface area contributed by atoms with Crippen molar-refractivity contribution in [2.45, 2.75) is 29.1 Å². The summed E-state index contributed by atoms with van der Waals surface area (Å²) in [5.74, 6) is 1.13. The summed E-state index contributed by atoms with van der Waals surface area (Å²) >= 11 is 0. The zero-order valence-electron chi connectivity index (χ0n) is 19.2. The number of aryl methyl sites for hydroxylation is 1. The highest BCUT2D eigenvalue weighted by Gasteiger charge is 2.29. The molecule has 1 heterocycles. The molecule has 1 aromatic heterocycles. The second-order valence-electron chi connectivity index (χ2n) is 8.24. The third-order valence-corrected chi connectivity index (χ3v) is 9.36. The third kappa shape index (κ3) is 4.02. The molecule has 0 fully saturated rings. The van der Waals surface area contributed by atoms with E-state index in [2.05, 4.69) is 4.72 Å². The number of aromatic nitrogens is 1. The first-order valence-corrected chi connectivity index (χ1v) is 13.9. The first-order valence-electron chi connectivity index (χ1n) is 11.0. The van der Waals surface area contributed by atoms with Gasteiger partial charge in [-0.3, -0.25) is 4.72 Å². The van der Waals surface area contributed by atoms with Crippen LogP contribution in [0.15, 0.2) is 76.5 Å². The molecule has 0 amide bonds. The second-order valence-corrected chi connectivity index (χ2v) is 11.7. The Morgan fingerprint density at radius 3 is 1.97 bits per heavy atom. The van der Waals surface area contributed by atoms with E-state index in [1.807, 2.05) is 0 Å². The highest BCUT2D eigenvalue weighted by atomic mass is 32.2. The van der Waals surface area contributed by atoms with Crippen molar-refractivity contribution in [3.63, 3.8) is 0 Å². The Labute approximate surface area is 204 Å². The fourth-order valence-electron chi connectivity index (χ4n) is 4.50. The molecule has 3 aromatic carbocycles. The van der Waals surface area contributed by atoms with Crippen LogP contribution in [-0.2, 0) is 32.9 Å². The van der Waals surface area contributed by atoms with Crippen LogP contribution in [0.5, 0.6) is 11.5 Å². The van der Waals surface area contributed by atoms with Crippen LogP contribution >= 0.6 is 0 Å². The first-order chi connectivity index (χ1) is 16.7. The van der Waals surface area contributed by atoms with Crippen molar-refractivity contribution in [1.29, 1.82) is 0 Å². The number of sulfonamides is 1. The molecule has 1 aliphatic rings. The van der Waals surface area contributed by atoms with E-state index in [-0.39, 0.29) is 9.79 Å². The van der Waals surface area contributed by atoms with Crippen LogP contribution in [-0.4, -0.2) is 35.0 Å². The second kappa shape index (κ2) is 8.62. The number of hydrogen-bond acceptors (Lipinski definition) is 6. The number of rotatable bonds is 7. The Morgan fingerprint density at radius 1 is 0.771 bits per heavy atom. The Kier molecular flexibility index (Phi) is 5.72. The number of anilines is 1. The van der Waals surface area contributed by atoms with Gasteiger partial charge < -0.3 is 9.47 Å². The quantitative estimate of drug-likeness (QED) is 0.398. The molecule has 0 saturated carbocycles. The summed E-state index contributed by atoms with van der Waals surface area (Å²) in [5, 5.41) is 0.726. The topological polar surface area (TPSA) is 104 Å². The molecule has 35 heavy (non-hydrogen) atoms. The Hall–Kier alpha value is -3.50.